The number of anilines is 2. The minimum atomic E-state index is -0.519. The highest BCUT2D eigenvalue weighted by Gasteiger charge is 2.30. The smallest absolute Gasteiger partial charge is 0.407 e. The summed E-state index contributed by atoms with van der Waals surface area (Å²) < 4.78 is 10.8. The summed E-state index contributed by atoms with van der Waals surface area (Å²) in [5.74, 6) is 0. The van der Waals surface area contributed by atoms with Crippen molar-refractivity contribution in [2.45, 2.75) is 44.9 Å². The molecule has 1 aromatic rings. The molecule has 0 radical (unpaired) electrons. The first kappa shape index (κ1) is 17.3. The van der Waals surface area contributed by atoms with Crippen LogP contribution in [-0.4, -0.2) is 49.0 Å². The molecule has 1 aliphatic heterocycles. The monoisotopic (exact) mass is 322 g/mol. The van der Waals surface area contributed by atoms with Crippen molar-refractivity contribution in [1.29, 1.82) is 0 Å². The first-order chi connectivity index (χ1) is 10.8. The lowest BCUT2D eigenvalue weighted by atomic mass is 10.0. The molecule has 1 saturated heterocycles. The number of nitrogen functional groups attached to an aromatic ring is 1. The number of alkyl carbamates (subject to hydrolysis) is 1. The first-order valence-electron chi connectivity index (χ1n) is 7.75. The van der Waals surface area contributed by atoms with Crippen molar-refractivity contribution < 1.29 is 14.3 Å². The number of nitrogens with two attached hydrogens (primary N) is 1. The SMILES string of the molecule is CO[C@@H]1C[C@H](NC(=O)OC(C)(C)C)CN(c2ccncc2N)C1. The predicted octanol–water partition coefficient (Wildman–Crippen LogP) is 1.78. The van der Waals surface area contributed by atoms with Gasteiger partial charge < -0.3 is 25.4 Å². The molecule has 0 unspecified atom stereocenters. The summed E-state index contributed by atoms with van der Waals surface area (Å²) >= 11 is 0. The standard InChI is InChI=1S/C16H26N4O3/c1-16(2,3)23-15(21)19-11-7-12(22-4)10-20(9-11)14-5-6-18-8-13(14)17/h5-6,8,11-12H,7,9-10,17H2,1-4H3,(H,19,21)/t11-,12+/m0/s1. The molecule has 0 bridgehead atoms. The molecule has 1 aliphatic rings. The Morgan fingerprint density at radius 1 is 1.43 bits per heavy atom. The number of amides is 1. The van der Waals surface area contributed by atoms with Crippen molar-refractivity contribution in [2.24, 2.45) is 0 Å². The Bertz CT molecular complexity index is 544. The fourth-order valence-electron chi connectivity index (χ4n) is 2.69. The van der Waals surface area contributed by atoms with E-state index >= 15 is 0 Å². The second kappa shape index (κ2) is 7.04. The Morgan fingerprint density at radius 3 is 2.78 bits per heavy atom. The number of ether oxygens (including phenoxy) is 2. The van der Waals surface area contributed by atoms with Crippen molar-refractivity contribution in [3.05, 3.63) is 18.5 Å². The maximum atomic E-state index is 12.0. The molecular weight excluding hydrogens is 296 g/mol. The number of methoxy groups -OCH3 is 1. The van der Waals surface area contributed by atoms with Crippen LogP contribution in [-0.2, 0) is 9.47 Å². The van der Waals surface area contributed by atoms with Gasteiger partial charge in [0.15, 0.2) is 0 Å². The van der Waals surface area contributed by atoms with Gasteiger partial charge in [-0.05, 0) is 33.3 Å². The Hall–Kier alpha value is -2.02. The van der Waals surface area contributed by atoms with Crippen molar-refractivity contribution in [1.82, 2.24) is 10.3 Å². The lowest BCUT2D eigenvalue weighted by Gasteiger charge is -2.39. The van der Waals surface area contributed by atoms with Crippen molar-refractivity contribution >= 4 is 17.5 Å². The number of nitrogens with one attached hydrogen (secondary N) is 1. The van der Waals surface area contributed by atoms with Crippen molar-refractivity contribution in [3.63, 3.8) is 0 Å². The number of nitrogens with zero attached hydrogens (tertiary/aromatic N) is 2. The molecule has 23 heavy (non-hydrogen) atoms. The van der Waals surface area contributed by atoms with Gasteiger partial charge in [-0.25, -0.2) is 4.79 Å². The van der Waals surface area contributed by atoms with E-state index in [4.69, 9.17) is 15.2 Å². The van der Waals surface area contributed by atoms with Crippen molar-refractivity contribution in [2.75, 3.05) is 30.8 Å². The fraction of sp³-hybridized carbons (Fsp3) is 0.625. The van der Waals surface area contributed by atoms with Crippen LogP contribution in [0.5, 0.6) is 0 Å². The number of pyridine rings is 1. The second-order valence-electron chi connectivity index (χ2n) is 6.78. The second-order valence-corrected chi connectivity index (χ2v) is 6.78. The zero-order chi connectivity index (χ0) is 17.0. The Morgan fingerprint density at radius 2 is 2.17 bits per heavy atom. The average Bonchev–Trinajstić information content (AvgIpc) is 2.45. The van der Waals surface area contributed by atoms with E-state index in [1.54, 1.807) is 19.5 Å². The summed E-state index contributed by atoms with van der Waals surface area (Å²) in [4.78, 5) is 18.1. The molecule has 7 nitrogen and oxygen atoms in total. The Balaban J connectivity index is 2.06. The molecule has 0 aromatic carbocycles. The molecule has 0 aliphatic carbocycles. The lowest BCUT2D eigenvalue weighted by molar-refractivity contribution is 0.0434. The third-order valence-electron chi connectivity index (χ3n) is 3.63. The van der Waals surface area contributed by atoms with E-state index in [9.17, 15) is 4.79 Å². The number of piperidine rings is 1. The zero-order valence-electron chi connectivity index (χ0n) is 14.2. The average molecular weight is 322 g/mol. The quantitative estimate of drug-likeness (QED) is 0.882. The number of hydrogen-bond donors (Lipinski definition) is 2. The van der Waals surface area contributed by atoms with E-state index in [0.29, 0.717) is 12.2 Å². The molecule has 1 aromatic heterocycles. The number of aromatic nitrogens is 1. The summed E-state index contributed by atoms with van der Waals surface area (Å²) in [6.07, 6.45) is 3.66. The van der Waals surface area contributed by atoms with Crippen LogP contribution >= 0.6 is 0 Å². The molecule has 2 heterocycles. The molecule has 2 rings (SSSR count). The van der Waals surface area contributed by atoms with Crippen LogP contribution in [0.3, 0.4) is 0 Å². The van der Waals surface area contributed by atoms with Gasteiger partial charge >= 0.3 is 6.09 Å². The van der Waals surface area contributed by atoms with Gasteiger partial charge in [-0.2, -0.15) is 0 Å². The molecule has 3 N–H and O–H groups in total. The van der Waals surface area contributed by atoms with Gasteiger partial charge in [-0.15, -0.1) is 0 Å². The number of carbonyl (C=O) groups excluding carboxylic acids is 1. The van der Waals surface area contributed by atoms with E-state index in [1.807, 2.05) is 26.8 Å². The molecule has 1 amide bonds. The van der Waals surface area contributed by atoms with Crippen LogP contribution < -0.4 is 16.0 Å². The van der Waals surface area contributed by atoms with Gasteiger partial charge in [0.1, 0.15) is 5.60 Å². The highest BCUT2D eigenvalue weighted by atomic mass is 16.6. The summed E-state index contributed by atoms with van der Waals surface area (Å²) in [6.45, 7) is 6.89. The molecule has 1 fully saturated rings. The van der Waals surface area contributed by atoms with Gasteiger partial charge in [0.25, 0.3) is 0 Å². The summed E-state index contributed by atoms with van der Waals surface area (Å²) in [6, 6.07) is 1.80. The molecule has 0 saturated carbocycles. The molecule has 0 spiro atoms. The van der Waals surface area contributed by atoms with Gasteiger partial charge in [0, 0.05) is 26.4 Å². The third-order valence-corrected chi connectivity index (χ3v) is 3.63. The molecule has 7 heteroatoms. The third kappa shape index (κ3) is 4.99. The minimum absolute atomic E-state index is 0.0104. The van der Waals surface area contributed by atoms with Crippen LogP contribution in [0.1, 0.15) is 27.2 Å². The topological polar surface area (TPSA) is 89.7 Å². The van der Waals surface area contributed by atoms with E-state index in [1.165, 1.54) is 0 Å². The van der Waals surface area contributed by atoms with Crippen LogP contribution in [0, 0.1) is 0 Å². The number of hydrogen-bond acceptors (Lipinski definition) is 6. The van der Waals surface area contributed by atoms with Crippen LogP contribution in [0.25, 0.3) is 0 Å². The predicted molar refractivity (Wildman–Crippen MR) is 89.4 cm³/mol. The lowest BCUT2D eigenvalue weighted by Crippen LogP contribution is -2.54. The highest BCUT2D eigenvalue weighted by molar-refractivity contribution is 5.69. The Labute approximate surface area is 137 Å². The van der Waals surface area contributed by atoms with Crippen LogP contribution in [0.2, 0.25) is 0 Å². The van der Waals surface area contributed by atoms with E-state index in [-0.39, 0.29) is 12.1 Å². The molecular formula is C16H26N4O3. The number of carbonyl (C=O) groups is 1. The largest absolute Gasteiger partial charge is 0.444 e. The van der Waals surface area contributed by atoms with Crippen LogP contribution in [0.15, 0.2) is 18.5 Å². The van der Waals surface area contributed by atoms with Gasteiger partial charge in [-0.3, -0.25) is 4.98 Å². The first-order valence-corrected chi connectivity index (χ1v) is 7.75. The Kier molecular flexibility index (Phi) is 5.30. The molecule has 2 atom stereocenters. The summed E-state index contributed by atoms with van der Waals surface area (Å²) in [7, 11) is 1.68. The van der Waals surface area contributed by atoms with Crippen molar-refractivity contribution in [3.8, 4) is 0 Å². The maximum Gasteiger partial charge on any atom is 0.407 e. The van der Waals surface area contributed by atoms with Crippen LogP contribution in [0.4, 0.5) is 16.2 Å². The number of rotatable bonds is 3. The normalized spacial score (nSPS) is 21.8. The maximum absolute atomic E-state index is 12.0. The van der Waals surface area contributed by atoms with E-state index in [2.05, 4.69) is 15.2 Å². The summed E-state index contributed by atoms with van der Waals surface area (Å²) in [5.41, 5.74) is 7.00. The minimum Gasteiger partial charge on any atom is -0.444 e. The zero-order valence-corrected chi connectivity index (χ0v) is 14.2. The fourth-order valence-corrected chi connectivity index (χ4v) is 2.69. The molecule has 128 valence electrons. The van der Waals surface area contributed by atoms with Gasteiger partial charge in [0.2, 0.25) is 0 Å². The van der Waals surface area contributed by atoms with Gasteiger partial charge in [-0.1, -0.05) is 0 Å². The van der Waals surface area contributed by atoms with E-state index in [0.717, 1.165) is 18.7 Å². The van der Waals surface area contributed by atoms with Gasteiger partial charge in [0.05, 0.1) is 29.7 Å². The highest BCUT2D eigenvalue weighted by Crippen LogP contribution is 2.26. The van der Waals surface area contributed by atoms with E-state index < -0.39 is 11.7 Å². The summed E-state index contributed by atoms with van der Waals surface area (Å²) in [5, 5.41) is 2.92.